The first-order chi connectivity index (χ1) is 15.3. The number of esters is 2. The number of nitrogens with one attached hydrogen (secondary N) is 2. The Morgan fingerprint density at radius 2 is 1.47 bits per heavy atom. The molecule has 0 saturated heterocycles. The number of anilines is 4. The largest absolute Gasteiger partial charge is 0.465 e. The number of carbonyl (C=O) groups excluding carboxylic acids is 2. The van der Waals surface area contributed by atoms with Crippen molar-refractivity contribution < 1.29 is 24.0 Å². The highest BCUT2D eigenvalue weighted by Gasteiger charge is 2.24. The Balaban J connectivity index is 2.04. The highest BCUT2D eigenvalue weighted by molar-refractivity contribution is 5.97. The molecule has 11 nitrogen and oxygen atoms in total. The van der Waals surface area contributed by atoms with E-state index in [0.29, 0.717) is 5.69 Å². The summed E-state index contributed by atoms with van der Waals surface area (Å²) in [5, 5.41) is 17.5. The van der Waals surface area contributed by atoms with Crippen LogP contribution in [0, 0.1) is 17.0 Å². The summed E-state index contributed by atoms with van der Waals surface area (Å²) in [5.41, 5.74) is 1.44. The summed E-state index contributed by atoms with van der Waals surface area (Å²) in [6.07, 6.45) is 1.15. The van der Waals surface area contributed by atoms with Crippen molar-refractivity contribution in [1.29, 1.82) is 0 Å². The SMILES string of the molecule is COC(=O)c1cc(Nc2ncnc(Nc3cccc(C)c3)c2[N+](=O)[O-])cc(C(=O)OC)c1. The molecule has 1 heterocycles. The van der Waals surface area contributed by atoms with Gasteiger partial charge in [0.05, 0.1) is 30.3 Å². The van der Waals surface area contributed by atoms with Gasteiger partial charge in [0, 0.05) is 11.4 Å². The average Bonchev–Trinajstić information content (AvgIpc) is 2.77. The standard InChI is InChI=1S/C21H19N5O6/c1-12-5-4-6-15(7-12)24-18-17(26(29)30)19(23-11-22-18)25-16-9-13(20(27)31-2)8-14(10-16)21(28)32-3/h4-11H,1-3H3,(H2,22,23,24,25). The van der Waals surface area contributed by atoms with Crippen LogP contribution in [0.3, 0.4) is 0 Å². The Morgan fingerprint density at radius 3 is 1.97 bits per heavy atom. The van der Waals surface area contributed by atoms with Crippen LogP contribution in [0.25, 0.3) is 0 Å². The third-order valence-corrected chi connectivity index (χ3v) is 4.32. The van der Waals surface area contributed by atoms with Gasteiger partial charge in [-0.05, 0) is 42.8 Å². The molecular weight excluding hydrogens is 418 g/mol. The number of nitro groups is 1. The molecule has 0 amide bonds. The first-order valence-electron chi connectivity index (χ1n) is 9.24. The van der Waals surface area contributed by atoms with Gasteiger partial charge < -0.3 is 20.1 Å². The Morgan fingerprint density at radius 1 is 0.906 bits per heavy atom. The molecule has 0 saturated carbocycles. The molecule has 0 aliphatic carbocycles. The number of hydrogen-bond acceptors (Lipinski definition) is 10. The number of methoxy groups -OCH3 is 2. The summed E-state index contributed by atoms with van der Waals surface area (Å²) in [4.78, 5) is 43.1. The van der Waals surface area contributed by atoms with Crippen molar-refractivity contribution in [2.75, 3.05) is 24.9 Å². The molecule has 11 heteroatoms. The summed E-state index contributed by atoms with van der Waals surface area (Å²) < 4.78 is 9.41. The molecule has 164 valence electrons. The highest BCUT2D eigenvalue weighted by atomic mass is 16.6. The van der Waals surface area contributed by atoms with Gasteiger partial charge in [0.2, 0.25) is 11.6 Å². The Bertz CT molecular complexity index is 1160. The number of benzene rings is 2. The Hall–Kier alpha value is -4.54. The second kappa shape index (κ2) is 9.51. The van der Waals surface area contributed by atoms with Crippen LogP contribution in [-0.4, -0.2) is 41.0 Å². The van der Waals surface area contributed by atoms with E-state index in [9.17, 15) is 19.7 Å². The van der Waals surface area contributed by atoms with E-state index in [1.165, 1.54) is 32.4 Å². The van der Waals surface area contributed by atoms with Crippen molar-refractivity contribution in [2.45, 2.75) is 6.92 Å². The number of carbonyl (C=O) groups is 2. The first kappa shape index (κ1) is 22.2. The van der Waals surface area contributed by atoms with Gasteiger partial charge in [-0.1, -0.05) is 12.1 Å². The zero-order chi connectivity index (χ0) is 23.3. The fraction of sp³-hybridized carbons (Fsp3) is 0.143. The number of rotatable bonds is 7. The van der Waals surface area contributed by atoms with Gasteiger partial charge in [-0.25, -0.2) is 19.6 Å². The van der Waals surface area contributed by atoms with Crippen LogP contribution in [0.2, 0.25) is 0 Å². The fourth-order valence-corrected chi connectivity index (χ4v) is 2.90. The van der Waals surface area contributed by atoms with E-state index in [1.54, 1.807) is 18.2 Å². The van der Waals surface area contributed by atoms with Crippen LogP contribution in [0.5, 0.6) is 0 Å². The van der Waals surface area contributed by atoms with E-state index in [2.05, 4.69) is 20.6 Å². The number of aryl methyl sites for hydroxylation is 1. The Labute approximate surface area is 182 Å². The van der Waals surface area contributed by atoms with Gasteiger partial charge >= 0.3 is 17.6 Å². The molecule has 0 radical (unpaired) electrons. The maximum atomic E-state index is 12.0. The lowest BCUT2D eigenvalue weighted by molar-refractivity contribution is -0.383. The van der Waals surface area contributed by atoms with Crippen molar-refractivity contribution >= 4 is 40.6 Å². The van der Waals surface area contributed by atoms with Gasteiger partial charge in [-0.3, -0.25) is 10.1 Å². The maximum absolute atomic E-state index is 12.0. The summed E-state index contributed by atoms with van der Waals surface area (Å²) in [6.45, 7) is 1.89. The molecule has 0 aliphatic rings. The third kappa shape index (κ3) is 4.95. The minimum atomic E-state index is -0.696. The second-order valence-electron chi connectivity index (χ2n) is 6.58. The number of aromatic nitrogens is 2. The van der Waals surface area contributed by atoms with Gasteiger partial charge in [0.15, 0.2) is 0 Å². The molecule has 1 aromatic heterocycles. The zero-order valence-electron chi connectivity index (χ0n) is 17.4. The van der Waals surface area contributed by atoms with Crippen LogP contribution in [0.1, 0.15) is 26.3 Å². The Kier molecular flexibility index (Phi) is 6.59. The van der Waals surface area contributed by atoms with E-state index < -0.39 is 22.5 Å². The first-order valence-corrected chi connectivity index (χ1v) is 9.24. The normalized spacial score (nSPS) is 10.2. The van der Waals surface area contributed by atoms with Crippen molar-refractivity contribution in [3.8, 4) is 0 Å². The van der Waals surface area contributed by atoms with E-state index in [4.69, 9.17) is 9.47 Å². The molecule has 2 aromatic carbocycles. The van der Waals surface area contributed by atoms with Crippen LogP contribution in [0.15, 0.2) is 48.8 Å². The van der Waals surface area contributed by atoms with Crippen LogP contribution in [-0.2, 0) is 9.47 Å². The predicted octanol–water partition coefficient (Wildman–Crippen LogP) is 3.75. The van der Waals surface area contributed by atoms with Gasteiger partial charge in [-0.2, -0.15) is 0 Å². The van der Waals surface area contributed by atoms with Crippen molar-refractivity contribution in [2.24, 2.45) is 0 Å². The van der Waals surface area contributed by atoms with Crippen LogP contribution in [0.4, 0.5) is 28.7 Å². The van der Waals surface area contributed by atoms with Crippen molar-refractivity contribution in [1.82, 2.24) is 9.97 Å². The molecular formula is C21H19N5O6. The predicted molar refractivity (Wildman–Crippen MR) is 116 cm³/mol. The van der Waals surface area contributed by atoms with Crippen LogP contribution >= 0.6 is 0 Å². The summed E-state index contributed by atoms with van der Waals surface area (Å²) in [7, 11) is 2.39. The van der Waals surface area contributed by atoms with E-state index in [-0.39, 0.29) is 28.5 Å². The molecule has 3 rings (SSSR count). The molecule has 0 bridgehead atoms. The molecule has 2 N–H and O–H groups in total. The highest BCUT2D eigenvalue weighted by Crippen LogP contribution is 2.33. The van der Waals surface area contributed by atoms with Gasteiger partial charge in [0.25, 0.3) is 0 Å². The minimum Gasteiger partial charge on any atom is -0.465 e. The topological polar surface area (TPSA) is 146 Å². The number of ether oxygens (including phenoxy) is 2. The lowest BCUT2D eigenvalue weighted by Crippen LogP contribution is -2.09. The zero-order valence-corrected chi connectivity index (χ0v) is 17.4. The van der Waals surface area contributed by atoms with Crippen molar-refractivity contribution in [3.05, 3.63) is 75.6 Å². The smallest absolute Gasteiger partial charge is 0.353 e. The molecule has 0 atom stereocenters. The second-order valence-corrected chi connectivity index (χ2v) is 6.58. The molecule has 0 aliphatic heterocycles. The van der Waals surface area contributed by atoms with Gasteiger partial charge in [0.1, 0.15) is 6.33 Å². The third-order valence-electron chi connectivity index (χ3n) is 4.32. The maximum Gasteiger partial charge on any atom is 0.353 e. The monoisotopic (exact) mass is 437 g/mol. The summed E-state index contributed by atoms with van der Waals surface area (Å²) in [6, 6.07) is 11.3. The molecule has 32 heavy (non-hydrogen) atoms. The van der Waals surface area contributed by atoms with Gasteiger partial charge in [-0.15, -0.1) is 0 Å². The summed E-state index contributed by atoms with van der Waals surface area (Å²) in [5.74, 6) is -1.57. The number of hydrogen-bond donors (Lipinski definition) is 2. The van der Waals surface area contributed by atoms with Crippen LogP contribution < -0.4 is 10.6 Å². The van der Waals surface area contributed by atoms with E-state index >= 15 is 0 Å². The fourth-order valence-electron chi connectivity index (χ4n) is 2.90. The van der Waals surface area contributed by atoms with E-state index in [0.717, 1.165) is 11.9 Å². The molecule has 3 aromatic rings. The molecule has 0 unspecified atom stereocenters. The average molecular weight is 437 g/mol. The number of nitrogens with zero attached hydrogens (tertiary/aromatic N) is 3. The lowest BCUT2D eigenvalue weighted by Gasteiger charge is -2.12. The van der Waals surface area contributed by atoms with E-state index in [1.807, 2.05) is 13.0 Å². The lowest BCUT2D eigenvalue weighted by atomic mass is 10.1. The minimum absolute atomic E-state index is 0.0320. The molecule has 0 fully saturated rings. The molecule has 0 spiro atoms. The quantitative estimate of drug-likeness (QED) is 0.318. The summed E-state index contributed by atoms with van der Waals surface area (Å²) >= 11 is 0. The van der Waals surface area contributed by atoms with Crippen molar-refractivity contribution in [3.63, 3.8) is 0 Å².